The predicted molar refractivity (Wildman–Crippen MR) is 44.6 cm³/mol. The number of fused-ring (bicyclic) bond motifs is 1. The Hall–Kier alpha value is -1.33. The molecule has 0 unspecified atom stereocenters. The minimum absolute atomic E-state index is 0. The van der Waals surface area contributed by atoms with Crippen LogP contribution < -0.4 is 5.32 Å². The van der Waals surface area contributed by atoms with Gasteiger partial charge in [0.15, 0.2) is 0 Å². The van der Waals surface area contributed by atoms with Crippen molar-refractivity contribution in [1.29, 1.82) is 0 Å². The number of amides is 1. The lowest BCUT2D eigenvalue weighted by Crippen LogP contribution is -2.23. The smallest absolute Gasteiger partial charge is 0.429 e. The van der Waals surface area contributed by atoms with Crippen LogP contribution in [0.15, 0.2) is 24.3 Å². The summed E-state index contributed by atoms with van der Waals surface area (Å²) >= 11 is 0. The first kappa shape index (κ1) is 8.77. The van der Waals surface area contributed by atoms with Crippen LogP contribution in [0.25, 0.3) is 0 Å². The maximum Gasteiger partial charge on any atom is 0.482 e. The maximum atomic E-state index is 10.6. The van der Waals surface area contributed by atoms with Crippen molar-refractivity contribution in [2.45, 2.75) is 0 Å². The van der Waals surface area contributed by atoms with Crippen LogP contribution in [0.4, 0.5) is 5.69 Å². The fourth-order valence-corrected chi connectivity index (χ4v) is 0.917. The molecule has 1 amide bonds. The van der Waals surface area contributed by atoms with Crippen molar-refractivity contribution in [3.05, 3.63) is 29.8 Å². The van der Waals surface area contributed by atoms with Gasteiger partial charge in [0.25, 0.3) is 5.91 Å². The molecule has 0 fully saturated rings. The third-order valence-electron chi connectivity index (χ3n) is 1.42. The molecule has 0 saturated heterocycles. The average molecular weight is 164 g/mol. The second kappa shape index (κ2) is 3.89. The Labute approximate surface area is 70.2 Å². The van der Waals surface area contributed by atoms with Crippen LogP contribution >= 0.6 is 0 Å². The number of carbonyl (C=O) groups excluding carboxylic acids is 1. The monoisotopic (exact) mass is 164 g/mol. The van der Waals surface area contributed by atoms with Gasteiger partial charge in [0.1, 0.15) is 0 Å². The van der Waals surface area contributed by atoms with Gasteiger partial charge in [-0.25, -0.2) is 0 Å². The molecule has 0 aliphatic carbocycles. The van der Waals surface area contributed by atoms with Crippen molar-refractivity contribution in [3.8, 4) is 0 Å². The van der Waals surface area contributed by atoms with E-state index in [4.69, 9.17) is 10.0 Å². The van der Waals surface area contributed by atoms with Crippen molar-refractivity contribution < 1.29 is 14.8 Å². The van der Waals surface area contributed by atoms with Gasteiger partial charge in [-0.2, -0.15) is 0 Å². The minimum atomic E-state index is 0. The van der Waals surface area contributed by atoms with Gasteiger partial charge in [-0.1, -0.05) is 12.1 Å². The number of hydrogen-bond donors (Lipinski definition) is 3. The normalized spacial score (nSPS) is 11.3. The molecule has 1 aliphatic rings. The quantitative estimate of drug-likeness (QED) is 0.463. The first-order valence-electron chi connectivity index (χ1n) is 3.30. The second-order valence-electron chi connectivity index (χ2n) is 2.12. The molecule has 0 saturated carbocycles. The highest BCUT2D eigenvalue weighted by Crippen LogP contribution is 2.23. The number of benzene rings is 1. The highest BCUT2D eigenvalue weighted by molar-refractivity contribution is 6.17. The Kier molecular flexibility index (Phi) is 2.84. The number of nitrogens with one attached hydrogen (secondary N) is 1. The number of para-hydroxylation sites is 1. The van der Waals surface area contributed by atoms with E-state index in [1.807, 2.05) is 24.3 Å². The van der Waals surface area contributed by atoms with Gasteiger partial charge in [0, 0.05) is 0 Å². The van der Waals surface area contributed by atoms with Crippen LogP contribution in [0.2, 0.25) is 0 Å². The largest absolute Gasteiger partial charge is 0.482 e. The van der Waals surface area contributed by atoms with Crippen molar-refractivity contribution in [2.24, 2.45) is 0 Å². The Morgan fingerprint density at radius 3 is 2.25 bits per heavy atom. The van der Waals surface area contributed by atoms with Gasteiger partial charge in [0.2, 0.25) is 0 Å². The zero-order valence-electron chi connectivity index (χ0n) is 6.19. The molecular formula is C7H7BNO3. The van der Waals surface area contributed by atoms with E-state index >= 15 is 0 Å². The molecule has 1 aliphatic heterocycles. The van der Waals surface area contributed by atoms with Crippen LogP contribution in [0.3, 0.4) is 0 Å². The van der Waals surface area contributed by atoms with E-state index in [9.17, 15) is 4.79 Å². The van der Waals surface area contributed by atoms with Gasteiger partial charge in [-0.3, -0.25) is 4.79 Å². The van der Waals surface area contributed by atoms with E-state index in [1.54, 1.807) is 0 Å². The predicted octanol–water partition coefficient (Wildman–Crippen LogP) is -0.243. The number of hydrogen-bond acceptors (Lipinski definition) is 3. The van der Waals surface area contributed by atoms with E-state index in [0.717, 1.165) is 11.3 Å². The van der Waals surface area contributed by atoms with Crippen molar-refractivity contribution in [3.63, 3.8) is 0 Å². The Bertz CT molecular complexity index is 290. The van der Waals surface area contributed by atoms with Crippen LogP contribution in [-0.2, 0) is 0 Å². The topological polar surface area (TPSA) is 69.6 Å². The molecule has 12 heavy (non-hydrogen) atoms. The van der Waals surface area contributed by atoms with Crippen molar-refractivity contribution in [2.75, 3.05) is 5.32 Å². The number of carbonyl (C=O) groups is 1. The Morgan fingerprint density at radius 2 is 1.83 bits per heavy atom. The summed E-state index contributed by atoms with van der Waals surface area (Å²) in [6, 6.07) is 7.46. The molecule has 0 spiro atoms. The van der Waals surface area contributed by atoms with Crippen LogP contribution in [0.1, 0.15) is 10.4 Å². The molecule has 61 valence electrons. The van der Waals surface area contributed by atoms with Gasteiger partial charge < -0.3 is 15.4 Å². The standard InChI is InChI=1S/C7H5NO.BH2O2/c9-7-5-3-1-2-4-6(5)8-7;2-1-3/h1-4H,(H,8,9);2-3H. The summed E-state index contributed by atoms with van der Waals surface area (Å²) in [5, 5.41) is 16.6. The van der Waals surface area contributed by atoms with Crippen LogP contribution in [-0.4, -0.2) is 23.6 Å². The van der Waals surface area contributed by atoms with E-state index < -0.39 is 0 Å². The zero-order chi connectivity index (χ0) is 8.97. The Balaban J connectivity index is 0.000000213. The molecule has 0 aromatic heterocycles. The van der Waals surface area contributed by atoms with E-state index in [-0.39, 0.29) is 13.6 Å². The second-order valence-corrected chi connectivity index (χ2v) is 2.12. The number of anilines is 1. The zero-order valence-corrected chi connectivity index (χ0v) is 6.19. The summed E-state index contributed by atoms with van der Waals surface area (Å²) in [7, 11) is 0. The molecule has 2 rings (SSSR count). The summed E-state index contributed by atoms with van der Waals surface area (Å²) in [5.74, 6) is 0.0330. The molecule has 5 heteroatoms. The van der Waals surface area contributed by atoms with Gasteiger partial charge >= 0.3 is 7.69 Å². The molecule has 1 aromatic rings. The highest BCUT2D eigenvalue weighted by atomic mass is 16.4. The molecule has 0 bridgehead atoms. The molecule has 0 atom stereocenters. The summed E-state index contributed by atoms with van der Waals surface area (Å²) in [5.41, 5.74) is 1.75. The molecule has 1 aromatic carbocycles. The first-order valence-corrected chi connectivity index (χ1v) is 3.30. The summed E-state index contributed by atoms with van der Waals surface area (Å²) in [4.78, 5) is 10.6. The van der Waals surface area contributed by atoms with Crippen molar-refractivity contribution in [1.82, 2.24) is 0 Å². The molecule has 4 nitrogen and oxygen atoms in total. The maximum absolute atomic E-state index is 10.6. The first-order chi connectivity index (χ1) is 5.79. The van der Waals surface area contributed by atoms with Gasteiger partial charge in [0.05, 0.1) is 11.3 Å². The van der Waals surface area contributed by atoms with Crippen LogP contribution in [0.5, 0.6) is 0 Å². The molecule has 1 radical (unpaired) electrons. The lowest BCUT2D eigenvalue weighted by atomic mass is 10.1. The lowest BCUT2D eigenvalue weighted by molar-refractivity contribution is 0.101. The van der Waals surface area contributed by atoms with E-state index in [1.165, 1.54) is 0 Å². The van der Waals surface area contributed by atoms with E-state index in [2.05, 4.69) is 5.32 Å². The average Bonchev–Trinajstić information content (AvgIpc) is 2.04. The van der Waals surface area contributed by atoms with Crippen molar-refractivity contribution >= 4 is 19.3 Å². The third kappa shape index (κ3) is 1.64. The highest BCUT2D eigenvalue weighted by Gasteiger charge is 2.19. The minimum Gasteiger partial charge on any atom is -0.429 e. The Morgan fingerprint density at radius 1 is 1.25 bits per heavy atom. The fourth-order valence-electron chi connectivity index (χ4n) is 0.917. The SMILES string of the molecule is O=C1Nc2ccccc21.O[B]O. The lowest BCUT2D eigenvalue weighted by Gasteiger charge is -2.17. The molecular weight excluding hydrogens is 157 g/mol. The fraction of sp³-hybridized carbons (Fsp3) is 0. The molecule has 1 heterocycles. The van der Waals surface area contributed by atoms with Gasteiger partial charge in [-0.15, -0.1) is 0 Å². The van der Waals surface area contributed by atoms with Gasteiger partial charge in [-0.05, 0) is 12.1 Å². The number of rotatable bonds is 0. The summed E-state index contributed by atoms with van der Waals surface area (Å²) in [6.07, 6.45) is 0. The van der Waals surface area contributed by atoms with Crippen LogP contribution in [0, 0.1) is 0 Å². The summed E-state index contributed by atoms with van der Waals surface area (Å²) < 4.78 is 0. The molecule has 3 N–H and O–H groups in total. The van der Waals surface area contributed by atoms with E-state index in [0.29, 0.717) is 0 Å². The summed E-state index contributed by atoms with van der Waals surface area (Å²) in [6.45, 7) is 0. The third-order valence-corrected chi connectivity index (χ3v) is 1.42.